The second-order valence-electron chi connectivity index (χ2n) is 6.87. The molecule has 0 radical (unpaired) electrons. The fourth-order valence-corrected chi connectivity index (χ4v) is 4.11. The van der Waals surface area contributed by atoms with Gasteiger partial charge in [-0.15, -0.1) is 11.3 Å². The summed E-state index contributed by atoms with van der Waals surface area (Å²) in [6.45, 7) is 3.93. The molecular formula is C19H20FN5O2S. The van der Waals surface area contributed by atoms with Gasteiger partial charge in [0, 0.05) is 31.0 Å². The van der Waals surface area contributed by atoms with Gasteiger partial charge >= 0.3 is 0 Å². The van der Waals surface area contributed by atoms with Crippen molar-refractivity contribution in [2.45, 2.75) is 32.2 Å². The van der Waals surface area contributed by atoms with Gasteiger partial charge in [0.15, 0.2) is 5.13 Å². The van der Waals surface area contributed by atoms with Crippen LogP contribution in [0.2, 0.25) is 0 Å². The average Bonchev–Trinajstić information content (AvgIpc) is 3.31. The van der Waals surface area contributed by atoms with Crippen molar-refractivity contribution < 1.29 is 13.7 Å². The number of halogens is 1. The lowest BCUT2D eigenvalue weighted by atomic mass is 9.98. The van der Waals surface area contributed by atoms with Gasteiger partial charge in [0.05, 0.1) is 11.6 Å². The molecule has 9 heteroatoms. The Morgan fingerprint density at radius 2 is 2.32 bits per heavy atom. The normalized spacial score (nSPS) is 17.6. The number of amides is 1. The van der Waals surface area contributed by atoms with Crippen molar-refractivity contribution in [1.29, 1.82) is 0 Å². The van der Waals surface area contributed by atoms with Gasteiger partial charge < -0.3 is 9.84 Å². The minimum atomic E-state index is -0.324. The minimum Gasteiger partial charge on any atom is -0.339 e. The fourth-order valence-electron chi connectivity index (χ4n) is 3.36. The number of piperidine rings is 1. The second-order valence-corrected chi connectivity index (χ2v) is 7.72. The lowest BCUT2D eigenvalue weighted by Gasteiger charge is -2.30. The summed E-state index contributed by atoms with van der Waals surface area (Å²) in [5, 5.41) is 9.31. The molecule has 2 aromatic heterocycles. The van der Waals surface area contributed by atoms with Gasteiger partial charge in [-0.1, -0.05) is 17.3 Å². The number of anilines is 1. The van der Waals surface area contributed by atoms with Crippen molar-refractivity contribution in [3.05, 3.63) is 47.0 Å². The first-order valence-corrected chi connectivity index (χ1v) is 9.98. The molecule has 1 aliphatic heterocycles. The van der Waals surface area contributed by atoms with Gasteiger partial charge in [0.25, 0.3) is 0 Å². The summed E-state index contributed by atoms with van der Waals surface area (Å²) in [4.78, 5) is 22.4. The van der Waals surface area contributed by atoms with Crippen LogP contribution in [0.4, 0.5) is 9.52 Å². The van der Waals surface area contributed by atoms with E-state index in [9.17, 15) is 9.18 Å². The minimum absolute atomic E-state index is 0.121. The van der Waals surface area contributed by atoms with E-state index in [1.807, 2.05) is 5.38 Å². The smallest absolute Gasteiger partial charge is 0.231 e. The maximum atomic E-state index is 13.4. The number of nitrogens with one attached hydrogen (secondary N) is 1. The number of aromatic nitrogens is 3. The summed E-state index contributed by atoms with van der Waals surface area (Å²) in [6, 6.07) is 6.18. The first-order chi connectivity index (χ1) is 13.6. The standard InChI is InChI=1S/C19H20FN5O2S/c1-12(26)21-19-22-16(11-28-19)10-25-7-3-5-14(9-25)18-23-17(24-27-18)13-4-2-6-15(20)8-13/h2,4,6,8,11,14H,3,5,7,9-10H2,1H3,(H,21,22,26). The molecule has 0 bridgehead atoms. The van der Waals surface area contributed by atoms with Crippen LogP contribution in [0.15, 0.2) is 34.2 Å². The van der Waals surface area contributed by atoms with E-state index in [1.54, 1.807) is 12.1 Å². The Labute approximate surface area is 165 Å². The van der Waals surface area contributed by atoms with Crippen molar-refractivity contribution >= 4 is 22.4 Å². The number of nitrogens with zero attached hydrogens (tertiary/aromatic N) is 4. The molecular weight excluding hydrogens is 381 g/mol. The van der Waals surface area contributed by atoms with Crippen LogP contribution in [-0.4, -0.2) is 39.0 Å². The molecule has 0 spiro atoms. The van der Waals surface area contributed by atoms with E-state index in [-0.39, 0.29) is 17.6 Å². The Morgan fingerprint density at radius 3 is 3.14 bits per heavy atom. The monoisotopic (exact) mass is 401 g/mol. The van der Waals surface area contributed by atoms with Crippen LogP contribution in [0.25, 0.3) is 11.4 Å². The first-order valence-electron chi connectivity index (χ1n) is 9.11. The van der Waals surface area contributed by atoms with Crippen LogP contribution in [0.5, 0.6) is 0 Å². The predicted octanol–water partition coefficient (Wildman–Crippen LogP) is 3.67. The summed E-state index contributed by atoms with van der Waals surface area (Å²) in [7, 11) is 0. The second kappa shape index (κ2) is 8.15. The Balaban J connectivity index is 1.41. The molecule has 1 aliphatic rings. The lowest BCUT2D eigenvalue weighted by Crippen LogP contribution is -2.34. The van der Waals surface area contributed by atoms with Gasteiger partial charge in [0.2, 0.25) is 17.6 Å². The van der Waals surface area contributed by atoms with Gasteiger partial charge in [-0.3, -0.25) is 9.69 Å². The molecule has 0 aliphatic carbocycles. The van der Waals surface area contributed by atoms with Crippen LogP contribution in [0.1, 0.15) is 37.3 Å². The zero-order valence-corrected chi connectivity index (χ0v) is 16.2. The van der Waals surface area contributed by atoms with E-state index in [2.05, 4.69) is 25.3 Å². The third-order valence-corrected chi connectivity index (χ3v) is 5.41. The Hall–Kier alpha value is -2.65. The molecule has 1 fully saturated rings. The Bertz CT molecular complexity index is 973. The maximum Gasteiger partial charge on any atom is 0.231 e. The largest absolute Gasteiger partial charge is 0.339 e. The number of carbonyl (C=O) groups excluding carboxylic acids is 1. The molecule has 1 amide bonds. The van der Waals surface area contributed by atoms with Crippen LogP contribution in [0, 0.1) is 5.82 Å². The zero-order valence-electron chi connectivity index (χ0n) is 15.4. The average molecular weight is 401 g/mol. The molecule has 3 aromatic rings. The van der Waals surface area contributed by atoms with Crippen LogP contribution in [0.3, 0.4) is 0 Å². The SMILES string of the molecule is CC(=O)Nc1nc(CN2CCCC(c3nc(-c4cccc(F)c4)no3)C2)cs1. The molecule has 4 rings (SSSR count). The quantitative estimate of drug-likeness (QED) is 0.702. The van der Waals surface area contributed by atoms with E-state index in [1.165, 1.54) is 30.4 Å². The first kappa shape index (κ1) is 18.7. The molecule has 0 saturated carbocycles. The van der Waals surface area contributed by atoms with Crippen LogP contribution in [-0.2, 0) is 11.3 Å². The lowest BCUT2D eigenvalue weighted by molar-refractivity contribution is -0.114. The topological polar surface area (TPSA) is 84.2 Å². The number of hydrogen-bond donors (Lipinski definition) is 1. The van der Waals surface area contributed by atoms with Crippen molar-refractivity contribution in [3.8, 4) is 11.4 Å². The number of thiazole rings is 1. The number of likely N-dealkylation sites (tertiary alicyclic amines) is 1. The van der Waals surface area contributed by atoms with Crippen LogP contribution < -0.4 is 5.32 Å². The van der Waals surface area contributed by atoms with Gasteiger partial charge in [-0.25, -0.2) is 9.37 Å². The maximum absolute atomic E-state index is 13.4. The highest BCUT2D eigenvalue weighted by molar-refractivity contribution is 7.13. The van der Waals surface area contributed by atoms with Gasteiger partial charge in [-0.05, 0) is 31.5 Å². The van der Waals surface area contributed by atoms with Crippen molar-refractivity contribution in [2.75, 3.05) is 18.4 Å². The number of hydrogen-bond acceptors (Lipinski definition) is 7. The van der Waals surface area contributed by atoms with Crippen LogP contribution >= 0.6 is 11.3 Å². The van der Waals surface area contributed by atoms with E-state index < -0.39 is 0 Å². The molecule has 1 aromatic carbocycles. The van der Waals surface area contributed by atoms with E-state index in [4.69, 9.17) is 4.52 Å². The van der Waals surface area contributed by atoms with Crippen molar-refractivity contribution in [3.63, 3.8) is 0 Å². The predicted molar refractivity (Wildman–Crippen MR) is 103 cm³/mol. The molecule has 1 atom stereocenters. The summed E-state index contributed by atoms with van der Waals surface area (Å²) in [5.41, 5.74) is 1.54. The highest BCUT2D eigenvalue weighted by atomic mass is 32.1. The highest BCUT2D eigenvalue weighted by Crippen LogP contribution is 2.29. The number of carbonyl (C=O) groups is 1. The molecule has 3 heterocycles. The molecule has 28 heavy (non-hydrogen) atoms. The van der Waals surface area contributed by atoms with E-state index >= 15 is 0 Å². The molecule has 1 saturated heterocycles. The fraction of sp³-hybridized carbons (Fsp3) is 0.368. The molecule has 1 unspecified atom stereocenters. The van der Waals surface area contributed by atoms with Crippen molar-refractivity contribution in [2.24, 2.45) is 0 Å². The van der Waals surface area contributed by atoms with E-state index in [0.717, 1.165) is 31.6 Å². The van der Waals surface area contributed by atoms with Gasteiger partial charge in [0.1, 0.15) is 5.82 Å². The summed E-state index contributed by atoms with van der Waals surface area (Å²) in [5.74, 6) is 0.684. The highest BCUT2D eigenvalue weighted by Gasteiger charge is 2.26. The molecule has 1 N–H and O–H groups in total. The molecule has 7 nitrogen and oxygen atoms in total. The summed E-state index contributed by atoms with van der Waals surface area (Å²) < 4.78 is 18.9. The Kier molecular flexibility index (Phi) is 5.45. The molecule has 146 valence electrons. The number of rotatable bonds is 5. The van der Waals surface area contributed by atoms with Crippen molar-refractivity contribution in [1.82, 2.24) is 20.0 Å². The third-order valence-electron chi connectivity index (χ3n) is 4.60. The summed E-state index contributed by atoms with van der Waals surface area (Å²) >= 11 is 1.42. The van der Waals surface area contributed by atoms with Gasteiger partial charge in [-0.2, -0.15) is 4.98 Å². The summed E-state index contributed by atoms with van der Waals surface area (Å²) in [6.07, 6.45) is 1.99. The number of benzene rings is 1. The zero-order chi connectivity index (χ0) is 19.5. The third kappa shape index (κ3) is 4.42. The van der Waals surface area contributed by atoms with E-state index in [0.29, 0.717) is 29.0 Å². The Morgan fingerprint density at radius 1 is 1.43 bits per heavy atom.